The molecule has 1 aromatic carbocycles. The van der Waals surface area contributed by atoms with E-state index in [9.17, 15) is 4.79 Å². The largest absolute Gasteiger partial charge is 0.346 e. The Hall–Kier alpha value is -3.16. The molecule has 0 fully saturated rings. The van der Waals surface area contributed by atoms with Crippen LogP contribution in [0.5, 0.6) is 0 Å². The lowest BCUT2D eigenvalue weighted by Gasteiger charge is -2.29. The van der Waals surface area contributed by atoms with E-state index >= 15 is 0 Å². The summed E-state index contributed by atoms with van der Waals surface area (Å²) in [6.07, 6.45) is 0. The van der Waals surface area contributed by atoms with E-state index in [-0.39, 0.29) is 11.8 Å². The van der Waals surface area contributed by atoms with Gasteiger partial charge in [0, 0.05) is 18.0 Å². The highest BCUT2D eigenvalue weighted by atomic mass is 16.5. The van der Waals surface area contributed by atoms with E-state index in [4.69, 9.17) is 4.52 Å². The molecule has 0 spiro atoms. The van der Waals surface area contributed by atoms with E-state index in [1.54, 1.807) is 0 Å². The number of carbonyl (C=O) groups is 1. The van der Waals surface area contributed by atoms with E-state index in [1.807, 2.05) is 59.8 Å². The lowest BCUT2D eigenvalue weighted by atomic mass is 10.1. The molecule has 0 radical (unpaired) electrons. The maximum Gasteiger partial charge on any atom is 0.264 e. The first-order valence-electron chi connectivity index (χ1n) is 9.07. The summed E-state index contributed by atoms with van der Waals surface area (Å²) in [5.41, 5.74) is 2.81. The smallest absolute Gasteiger partial charge is 0.264 e. The minimum absolute atomic E-state index is 0.0117. The molecule has 1 aliphatic heterocycles. The molecular formula is C19H22N6O2. The monoisotopic (exact) mass is 366 g/mol. The number of hydrogen-bond donors (Lipinski definition) is 1. The minimum atomic E-state index is 0.0117. The van der Waals surface area contributed by atoms with Crippen LogP contribution in [0.15, 0.2) is 40.9 Å². The molecule has 1 N–H and O–H groups in total. The van der Waals surface area contributed by atoms with Gasteiger partial charge in [-0.15, -0.1) is 0 Å². The molecule has 27 heavy (non-hydrogen) atoms. The second kappa shape index (κ2) is 7.22. The van der Waals surface area contributed by atoms with E-state index in [2.05, 4.69) is 20.6 Å². The van der Waals surface area contributed by atoms with Gasteiger partial charge in [0.15, 0.2) is 0 Å². The van der Waals surface area contributed by atoms with Gasteiger partial charge in [0.1, 0.15) is 0 Å². The van der Waals surface area contributed by atoms with Gasteiger partial charge in [0.25, 0.3) is 11.8 Å². The third-order valence-electron chi connectivity index (χ3n) is 4.53. The molecule has 0 unspecified atom stereocenters. The van der Waals surface area contributed by atoms with E-state index < -0.39 is 0 Å². The van der Waals surface area contributed by atoms with Crippen molar-refractivity contribution in [3.8, 4) is 11.5 Å². The average molecular weight is 366 g/mol. The summed E-state index contributed by atoms with van der Waals surface area (Å²) in [6.45, 7) is 6.37. The zero-order valence-corrected chi connectivity index (χ0v) is 15.4. The van der Waals surface area contributed by atoms with Crippen LogP contribution >= 0.6 is 0 Å². The zero-order chi connectivity index (χ0) is 18.8. The number of fused-ring (bicyclic) bond motifs is 1. The van der Waals surface area contributed by atoms with Crippen molar-refractivity contribution < 1.29 is 9.32 Å². The lowest BCUT2D eigenvalue weighted by molar-refractivity contribution is -0.136. The summed E-state index contributed by atoms with van der Waals surface area (Å²) >= 11 is 0. The van der Waals surface area contributed by atoms with Crippen LogP contribution in [-0.2, 0) is 24.4 Å². The number of anilines is 1. The molecule has 4 rings (SSSR count). The summed E-state index contributed by atoms with van der Waals surface area (Å²) in [6, 6.07) is 11.7. The molecule has 140 valence electrons. The highest BCUT2D eigenvalue weighted by Gasteiger charge is 2.23. The van der Waals surface area contributed by atoms with Crippen molar-refractivity contribution in [2.24, 2.45) is 5.92 Å². The molecule has 8 nitrogen and oxygen atoms in total. The molecule has 3 heterocycles. The van der Waals surface area contributed by atoms with Crippen LogP contribution in [0, 0.1) is 5.92 Å². The van der Waals surface area contributed by atoms with Crippen LogP contribution in [0.2, 0.25) is 0 Å². The zero-order valence-electron chi connectivity index (χ0n) is 15.4. The van der Waals surface area contributed by atoms with Gasteiger partial charge in [-0.1, -0.05) is 32.0 Å². The molecule has 1 aliphatic rings. The highest BCUT2D eigenvalue weighted by Crippen LogP contribution is 2.19. The van der Waals surface area contributed by atoms with Gasteiger partial charge in [-0.25, -0.2) is 0 Å². The first-order chi connectivity index (χ1) is 13.1. The van der Waals surface area contributed by atoms with Crippen LogP contribution < -0.4 is 5.32 Å². The van der Waals surface area contributed by atoms with E-state index in [0.717, 1.165) is 17.0 Å². The Kier molecular flexibility index (Phi) is 4.62. The summed E-state index contributed by atoms with van der Waals surface area (Å²) in [5.74, 6) is 1.10. The van der Waals surface area contributed by atoms with Gasteiger partial charge >= 0.3 is 0 Å². The Morgan fingerprint density at radius 2 is 2.07 bits per heavy atom. The van der Waals surface area contributed by atoms with Crippen LogP contribution in [0.3, 0.4) is 0 Å². The SMILES string of the molecule is CC(C)C(=O)N1CCn2nc(CNc3noc(-c4ccccc4)n3)cc2C1. The number of nitrogens with zero attached hydrogens (tertiary/aromatic N) is 5. The van der Waals surface area contributed by atoms with Crippen molar-refractivity contribution in [1.29, 1.82) is 0 Å². The Labute approximate surface area is 157 Å². The fourth-order valence-electron chi connectivity index (χ4n) is 3.13. The summed E-state index contributed by atoms with van der Waals surface area (Å²) in [5, 5.41) is 11.7. The fraction of sp³-hybridized carbons (Fsp3) is 0.368. The predicted octanol–water partition coefficient (Wildman–Crippen LogP) is 2.54. The number of rotatable bonds is 5. The first-order valence-corrected chi connectivity index (χ1v) is 9.07. The van der Waals surface area contributed by atoms with Gasteiger partial charge < -0.3 is 14.7 Å². The van der Waals surface area contributed by atoms with Crippen molar-refractivity contribution in [3.05, 3.63) is 47.8 Å². The number of hydrogen-bond acceptors (Lipinski definition) is 6. The van der Waals surface area contributed by atoms with Crippen LogP contribution in [0.4, 0.5) is 5.95 Å². The number of nitrogens with one attached hydrogen (secondary N) is 1. The molecule has 3 aromatic rings. The second-order valence-corrected chi connectivity index (χ2v) is 6.91. The van der Waals surface area contributed by atoms with Gasteiger partial charge in [0.2, 0.25) is 5.91 Å². The van der Waals surface area contributed by atoms with Crippen molar-refractivity contribution in [2.75, 3.05) is 11.9 Å². The minimum Gasteiger partial charge on any atom is -0.346 e. The molecule has 2 aromatic heterocycles. The molecule has 8 heteroatoms. The molecule has 0 bridgehead atoms. The van der Waals surface area contributed by atoms with Crippen molar-refractivity contribution in [1.82, 2.24) is 24.8 Å². The summed E-state index contributed by atoms with van der Waals surface area (Å²) < 4.78 is 7.25. The standard InChI is InChI=1S/C19H22N6O2/c1-13(2)18(26)24-8-9-25-16(12-24)10-15(22-25)11-20-19-21-17(27-23-19)14-6-4-3-5-7-14/h3-7,10,13H,8-9,11-12H2,1-2H3,(H,20,23). The van der Waals surface area contributed by atoms with E-state index in [0.29, 0.717) is 38.0 Å². The Morgan fingerprint density at radius 1 is 1.26 bits per heavy atom. The van der Waals surface area contributed by atoms with Crippen LogP contribution in [0.25, 0.3) is 11.5 Å². The predicted molar refractivity (Wildman–Crippen MR) is 99.5 cm³/mol. The number of amides is 1. The molecular weight excluding hydrogens is 344 g/mol. The first kappa shape index (κ1) is 17.3. The van der Waals surface area contributed by atoms with Gasteiger partial charge in [-0.3, -0.25) is 9.48 Å². The quantitative estimate of drug-likeness (QED) is 0.746. The molecule has 0 atom stereocenters. The van der Waals surface area contributed by atoms with Crippen molar-refractivity contribution in [3.63, 3.8) is 0 Å². The molecule has 0 saturated heterocycles. The maximum atomic E-state index is 12.2. The van der Waals surface area contributed by atoms with Gasteiger partial charge in [-0.2, -0.15) is 10.1 Å². The van der Waals surface area contributed by atoms with Gasteiger partial charge in [0.05, 0.1) is 31.0 Å². The fourth-order valence-corrected chi connectivity index (χ4v) is 3.13. The molecule has 0 aliphatic carbocycles. The third kappa shape index (κ3) is 3.69. The van der Waals surface area contributed by atoms with Crippen LogP contribution in [0.1, 0.15) is 25.2 Å². The highest BCUT2D eigenvalue weighted by molar-refractivity contribution is 5.78. The van der Waals surface area contributed by atoms with Gasteiger partial charge in [-0.05, 0) is 23.4 Å². The van der Waals surface area contributed by atoms with Crippen LogP contribution in [-0.4, -0.2) is 37.3 Å². The van der Waals surface area contributed by atoms with E-state index in [1.165, 1.54) is 0 Å². The topological polar surface area (TPSA) is 89.1 Å². The summed E-state index contributed by atoms with van der Waals surface area (Å²) in [7, 11) is 0. The Morgan fingerprint density at radius 3 is 2.85 bits per heavy atom. The maximum absolute atomic E-state index is 12.2. The van der Waals surface area contributed by atoms with Crippen molar-refractivity contribution >= 4 is 11.9 Å². The normalized spacial score (nSPS) is 13.7. The lowest BCUT2D eigenvalue weighted by Crippen LogP contribution is -2.40. The second-order valence-electron chi connectivity index (χ2n) is 6.91. The molecule has 1 amide bonds. The molecule has 0 saturated carbocycles. The number of aromatic nitrogens is 4. The number of carbonyl (C=O) groups excluding carboxylic acids is 1. The summed E-state index contributed by atoms with van der Waals surface area (Å²) in [4.78, 5) is 18.5. The average Bonchev–Trinajstić information content (AvgIpc) is 3.32. The third-order valence-corrected chi connectivity index (χ3v) is 4.53. The van der Waals surface area contributed by atoms with Crippen molar-refractivity contribution in [2.45, 2.75) is 33.5 Å². The number of benzene rings is 1. The Bertz CT molecular complexity index is 931. The Balaban J connectivity index is 1.39.